The lowest BCUT2D eigenvalue weighted by Crippen LogP contribution is -2.41. The van der Waals surface area contributed by atoms with Gasteiger partial charge < -0.3 is 10.2 Å². The molecule has 1 fully saturated rings. The van der Waals surface area contributed by atoms with Crippen molar-refractivity contribution in [3.05, 3.63) is 66.0 Å². The van der Waals surface area contributed by atoms with Crippen molar-refractivity contribution < 1.29 is 4.79 Å². The number of nitrogens with one attached hydrogen (secondary N) is 1. The summed E-state index contributed by atoms with van der Waals surface area (Å²) in [5, 5.41) is 3.24. The Bertz CT molecular complexity index is 709. The zero-order valence-corrected chi connectivity index (χ0v) is 17.2. The average Bonchev–Trinajstić information content (AvgIpc) is 2.72. The number of carbonyl (C=O) groups excluding carboxylic acids is 1. The smallest absolute Gasteiger partial charge is 0.227 e. The highest BCUT2D eigenvalue weighted by atomic mass is 16.1. The molecule has 4 heteroatoms. The maximum atomic E-state index is 13.1. The fraction of sp³-hybridized carbons (Fsp3) is 0.500. The lowest BCUT2D eigenvalue weighted by Gasteiger charge is -2.33. The summed E-state index contributed by atoms with van der Waals surface area (Å²) in [4.78, 5) is 20.0. The van der Waals surface area contributed by atoms with E-state index in [2.05, 4.69) is 29.0 Å². The molecule has 1 aliphatic rings. The van der Waals surface area contributed by atoms with Crippen LogP contribution in [0.1, 0.15) is 43.9 Å². The predicted molar refractivity (Wildman–Crippen MR) is 114 cm³/mol. The van der Waals surface area contributed by atoms with Crippen molar-refractivity contribution >= 4 is 5.91 Å². The maximum absolute atomic E-state index is 13.1. The van der Waals surface area contributed by atoms with E-state index in [1.165, 1.54) is 19.4 Å². The Kier molecular flexibility index (Phi) is 7.61. The second-order valence-electron chi connectivity index (χ2n) is 8.37. The summed E-state index contributed by atoms with van der Waals surface area (Å²) < 4.78 is 0. The number of amides is 1. The van der Waals surface area contributed by atoms with Gasteiger partial charge in [-0.2, -0.15) is 0 Å². The van der Waals surface area contributed by atoms with Gasteiger partial charge in [0.15, 0.2) is 0 Å². The maximum Gasteiger partial charge on any atom is 0.227 e. The number of nitrogens with zero attached hydrogens (tertiary/aromatic N) is 2. The first-order chi connectivity index (χ1) is 13.6. The van der Waals surface area contributed by atoms with Gasteiger partial charge in [-0.1, -0.05) is 50.2 Å². The van der Waals surface area contributed by atoms with Crippen molar-refractivity contribution in [1.29, 1.82) is 0 Å². The van der Waals surface area contributed by atoms with Crippen LogP contribution in [0.3, 0.4) is 0 Å². The van der Waals surface area contributed by atoms with E-state index in [-0.39, 0.29) is 11.8 Å². The minimum absolute atomic E-state index is 0.112. The third-order valence-electron chi connectivity index (χ3n) is 5.55. The Labute approximate surface area is 169 Å². The lowest BCUT2D eigenvalue weighted by molar-refractivity contribution is -0.122. The highest BCUT2D eigenvalue weighted by molar-refractivity contribution is 5.83. The molecule has 0 saturated carbocycles. The van der Waals surface area contributed by atoms with E-state index in [0.29, 0.717) is 12.3 Å². The van der Waals surface area contributed by atoms with Crippen molar-refractivity contribution in [2.75, 3.05) is 26.2 Å². The first-order valence-corrected chi connectivity index (χ1v) is 10.6. The van der Waals surface area contributed by atoms with Crippen molar-refractivity contribution in [2.24, 2.45) is 11.8 Å². The van der Waals surface area contributed by atoms with E-state index in [4.69, 9.17) is 0 Å². The van der Waals surface area contributed by atoms with Crippen LogP contribution in [-0.4, -0.2) is 42.0 Å². The number of likely N-dealkylation sites (tertiary alicyclic amines) is 1. The predicted octanol–water partition coefficient (Wildman–Crippen LogP) is 3.89. The molecule has 0 spiro atoms. The first kappa shape index (κ1) is 20.5. The summed E-state index contributed by atoms with van der Waals surface area (Å²) in [6.07, 6.45) is 4.76. The number of piperidine rings is 1. The molecule has 1 N–H and O–H groups in total. The molecule has 1 aliphatic heterocycles. The molecule has 1 unspecified atom stereocenters. The van der Waals surface area contributed by atoms with Gasteiger partial charge in [-0.25, -0.2) is 0 Å². The Morgan fingerprint density at radius 3 is 2.46 bits per heavy atom. The van der Waals surface area contributed by atoms with Crippen LogP contribution >= 0.6 is 0 Å². The summed E-state index contributed by atoms with van der Waals surface area (Å²) in [7, 11) is 0. The fourth-order valence-electron chi connectivity index (χ4n) is 4.03. The van der Waals surface area contributed by atoms with Crippen molar-refractivity contribution in [2.45, 2.75) is 39.0 Å². The van der Waals surface area contributed by atoms with E-state index >= 15 is 0 Å². The summed E-state index contributed by atoms with van der Waals surface area (Å²) in [5.74, 6) is 1.21. The van der Waals surface area contributed by atoms with Gasteiger partial charge in [0.2, 0.25) is 5.91 Å². The number of pyridine rings is 1. The molecule has 1 saturated heterocycles. The van der Waals surface area contributed by atoms with Gasteiger partial charge in [0.1, 0.15) is 0 Å². The number of hydrogen-bond donors (Lipinski definition) is 1. The van der Waals surface area contributed by atoms with Gasteiger partial charge in [0.05, 0.1) is 5.92 Å². The SMILES string of the molecule is CC(C)CN1CCC(CNC(=O)C(Cc2ccccn2)c2ccccc2)CC1. The Morgan fingerprint density at radius 1 is 1.11 bits per heavy atom. The van der Waals surface area contributed by atoms with Crippen molar-refractivity contribution in [1.82, 2.24) is 15.2 Å². The third-order valence-corrected chi connectivity index (χ3v) is 5.55. The average molecular weight is 380 g/mol. The minimum atomic E-state index is -0.197. The molecule has 0 bridgehead atoms. The topological polar surface area (TPSA) is 45.2 Å². The summed E-state index contributed by atoms with van der Waals surface area (Å²) in [6, 6.07) is 15.9. The Balaban J connectivity index is 1.56. The molecule has 2 aromatic rings. The number of hydrogen-bond acceptors (Lipinski definition) is 3. The van der Waals surface area contributed by atoms with E-state index < -0.39 is 0 Å². The molecule has 2 heterocycles. The minimum Gasteiger partial charge on any atom is -0.355 e. The van der Waals surface area contributed by atoms with Gasteiger partial charge in [-0.3, -0.25) is 9.78 Å². The second-order valence-corrected chi connectivity index (χ2v) is 8.37. The van der Waals surface area contributed by atoms with E-state index in [9.17, 15) is 4.79 Å². The van der Waals surface area contributed by atoms with Crippen LogP contribution in [0.2, 0.25) is 0 Å². The number of rotatable bonds is 8. The number of carbonyl (C=O) groups is 1. The molecule has 28 heavy (non-hydrogen) atoms. The monoisotopic (exact) mass is 379 g/mol. The van der Waals surface area contributed by atoms with Gasteiger partial charge in [-0.15, -0.1) is 0 Å². The molecule has 0 radical (unpaired) electrons. The highest BCUT2D eigenvalue weighted by Crippen LogP contribution is 2.22. The molecular weight excluding hydrogens is 346 g/mol. The Morgan fingerprint density at radius 2 is 1.82 bits per heavy atom. The normalized spacial score (nSPS) is 16.8. The quantitative estimate of drug-likeness (QED) is 0.757. The van der Waals surface area contributed by atoms with Crippen LogP contribution in [-0.2, 0) is 11.2 Å². The van der Waals surface area contributed by atoms with Crippen molar-refractivity contribution in [3.8, 4) is 0 Å². The fourth-order valence-corrected chi connectivity index (χ4v) is 4.03. The van der Waals surface area contributed by atoms with Crippen LogP contribution in [0.5, 0.6) is 0 Å². The number of benzene rings is 1. The summed E-state index contributed by atoms with van der Waals surface area (Å²) in [5.41, 5.74) is 2.01. The molecule has 0 aliphatic carbocycles. The third kappa shape index (κ3) is 6.16. The lowest BCUT2D eigenvalue weighted by atomic mass is 9.92. The largest absolute Gasteiger partial charge is 0.355 e. The van der Waals surface area contributed by atoms with Gasteiger partial charge >= 0.3 is 0 Å². The van der Waals surface area contributed by atoms with E-state index in [1.807, 2.05) is 48.5 Å². The standard InChI is InChI=1S/C24H33N3O/c1-19(2)18-27-14-11-20(12-15-27)17-26-24(28)23(21-8-4-3-5-9-21)16-22-10-6-7-13-25-22/h3-10,13,19-20,23H,11-12,14-18H2,1-2H3,(H,26,28). The zero-order chi connectivity index (χ0) is 19.8. The number of aromatic nitrogens is 1. The van der Waals surface area contributed by atoms with Gasteiger partial charge in [-0.05, 0) is 55.5 Å². The van der Waals surface area contributed by atoms with Crippen LogP contribution in [0.4, 0.5) is 0 Å². The molecule has 1 aromatic heterocycles. The molecule has 1 atom stereocenters. The van der Waals surface area contributed by atoms with Crippen LogP contribution < -0.4 is 5.32 Å². The summed E-state index contributed by atoms with van der Waals surface area (Å²) >= 11 is 0. The second kappa shape index (κ2) is 10.4. The van der Waals surface area contributed by atoms with Crippen LogP contribution in [0.25, 0.3) is 0 Å². The van der Waals surface area contributed by atoms with Gasteiger partial charge in [0, 0.05) is 31.4 Å². The summed E-state index contributed by atoms with van der Waals surface area (Å²) in [6.45, 7) is 8.80. The van der Waals surface area contributed by atoms with E-state index in [0.717, 1.165) is 36.8 Å². The first-order valence-electron chi connectivity index (χ1n) is 10.6. The van der Waals surface area contributed by atoms with Crippen molar-refractivity contribution in [3.63, 3.8) is 0 Å². The van der Waals surface area contributed by atoms with Crippen LogP contribution in [0, 0.1) is 11.8 Å². The molecule has 150 valence electrons. The van der Waals surface area contributed by atoms with Crippen LogP contribution in [0.15, 0.2) is 54.7 Å². The zero-order valence-electron chi connectivity index (χ0n) is 17.2. The molecule has 3 rings (SSSR count). The molecule has 1 amide bonds. The molecular formula is C24H33N3O. The highest BCUT2D eigenvalue weighted by Gasteiger charge is 2.24. The molecule has 1 aromatic carbocycles. The molecule has 4 nitrogen and oxygen atoms in total. The van der Waals surface area contributed by atoms with Gasteiger partial charge in [0.25, 0.3) is 0 Å². The Hall–Kier alpha value is -2.20. The van der Waals surface area contributed by atoms with E-state index in [1.54, 1.807) is 6.20 Å².